The van der Waals surface area contributed by atoms with Gasteiger partial charge in [0.1, 0.15) is 5.82 Å². The number of methoxy groups -OCH3 is 1. The van der Waals surface area contributed by atoms with Crippen molar-refractivity contribution in [2.24, 2.45) is 7.05 Å². The van der Waals surface area contributed by atoms with Gasteiger partial charge in [0.25, 0.3) is 0 Å². The van der Waals surface area contributed by atoms with Crippen LogP contribution in [0, 0.1) is 0 Å². The summed E-state index contributed by atoms with van der Waals surface area (Å²) in [6.07, 6.45) is 0. The maximum absolute atomic E-state index is 9.77. The summed E-state index contributed by atoms with van der Waals surface area (Å²) in [5.41, 5.74) is 2.54. The first-order valence-electron chi connectivity index (χ1n) is 6.13. The van der Waals surface area contributed by atoms with Crippen LogP contribution in [0.15, 0.2) is 36.4 Å². The largest absolute Gasteiger partial charge is 0.504 e. The van der Waals surface area contributed by atoms with Gasteiger partial charge in [-0.25, -0.2) is 4.98 Å². The fourth-order valence-corrected chi connectivity index (χ4v) is 2.28. The van der Waals surface area contributed by atoms with E-state index in [9.17, 15) is 10.2 Å². The Balaban J connectivity index is 2.25. The van der Waals surface area contributed by atoms with Crippen molar-refractivity contribution in [2.75, 3.05) is 7.11 Å². The minimum Gasteiger partial charge on any atom is -0.504 e. The number of ether oxygens (including phenoxy) is 1. The summed E-state index contributed by atoms with van der Waals surface area (Å²) >= 11 is 0. The summed E-state index contributed by atoms with van der Waals surface area (Å²) < 4.78 is 6.99. The van der Waals surface area contributed by atoms with E-state index in [1.165, 1.54) is 13.2 Å². The third-order valence-corrected chi connectivity index (χ3v) is 3.32. The molecule has 5 nitrogen and oxygen atoms in total. The molecule has 0 spiro atoms. The summed E-state index contributed by atoms with van der Waals surface area (Å²) in [5, 5.41) is 19.4. The summed E-state index contributed by atoms with van der Waals surface area (Å²) in [6.45, 7) is 0. The molecule has 0 amide bonds. The molecule has 0 saturated heterocycles. The van der Waals surface area contributed by atoms with Gasteiger partial charge in [-0.15, -0.1) is 0 Å². The van der Waals surface area contributed by atoms with Crippen LogP contribution < -0.4 is 4.74 Å². The average Bonchev–Trinajstić information content (AvgIpc) is 2.79. The van der Waals surface area contributed by atoms with Gasteiger partial charge >= 0.3 is 0 Å². The zero-order valence-corrected chi connectivity index (χ0v) is 11.2. The number of nitrogens with zero attached hydrogens (tertiary/aromatic N) is 2. The quantitative estimate of drug-likeness (QED) is 0.702. The van der Waals surface area contributed by atoms with Gasteiger partial charge in [-0.3, -0.25) is 0 Å². The van der Waals surface area contributed by atoms with Gasteiger partial charge in [0.05, 0.1) is 18.1 Å². The van der Waals surface area contributed by atoms with E-state index in [1.807, 2.05) is 35.9 Å². The molecule has 5 heteroatoms. The first-order valence-corrected chi connectivity index (χ1v) is 6.13. The summed E-state index contributed by atoms with van der Waals surface area (Å²) in [7, 11) is 3.34. The standard InChI is InChI=1S/C15H14N2O3/c1-17-11-6-4-3-5-10(11)16-15(17)9-7-12(18)14(19)13(8-9)20-2/h3-8,18-19H,1-2H3. The normalized spacial score (nSPS) is 10.9. The lowest BCUT2D eigenvalue weighted by Crippen LogP contribution is -1.93. The highest BCUT2D eigenvalue weighted by molar-refractivity contribution is 5.81. The van der Waals surface area contributed by atoms with Gasteiger partial charge in [-0.1, -0.05) is 12.1 Å². The number of aromatic nitrogens is 2. The molecule has 0 fully saturated rings. The second kappa shape index (κ2) is 4.45. The van der Waals surface area contributed by atoms with Gasteiger partial charge in [0, 0.05) is 12.6 Å². The van der Waals surface area contributed by atoms with Crippen LogP contribution in [0.25, 0.3) is 22.4 Å². The van der Waals surface area contributed by atoms with Crippen molar-refractivity contribution in [3.05, 3.63) is 36.4 Å². The second-order valence-corrected chi connectivity index (χ2v) is 4.53. The SMILES string of the molecule is COc1cc(-c2nc3ccccc3n2C)cc(O)c1O. The maximum Gasteiger partial charge on any atom is 0.200 e. The number of fused-ring (bicyclic) bond motifs is 1. The van der Waals surface area contributed by atoms with E-state index < -0.39 is 0 Å². The first-order chi connectivity index (χ1) is 9.61. The van der Waals surface area contributed by atoms with Gasteiger partial charge in [-0.2, -0.15) is 0 Å². The number of phenols is 2. The lowest BCUT2D eigenvalue weighted by molar-refractivity contribution is 0.351. The summed E-state index contributed by atoms with van der Waals surface area (Å²) in [6, 6.07) is 10.9. The molecule has 102 valence electrons. The smallest absolute Gasteiger partial charge is 0.200 e. The fourth-order valence-electron chi connectivity index (χ4n) is 2.28. The third kappa shape index (κ3) is 1.75. The molecule has 0 unspecified atom stereocenters. The Bertz CT molecular complexity index is 793. The highest BCUT2D eigenvalue weighted by atomic mass is 16.5. The monoisotopic (exact) mass is 270 g/mol. The fraction of sp³-hybridized carbons (Fsp3) is 0.133. The summed E-state index contributed by atoms with van der Waals surface area (Å²) in [5.74, 6) is 0.410. The van der Waals surface area contributed by atoms with Crippen LogP contribution in [0.4, 0.5) is 0 Å². The van der Waals surface area contributed by atoms with Crippen LogP contribution in [0.1, 0.15) is 0 Å². The molecular formula is C15H14N2O3. The number of phenolic OH excluding ortho intramolecular Hbond substituents is 2. The molecule has 0 aliphatic rings. The van der Waals surface area contributed by atoms with Crippen LogP contribution >= 0.6 is 0 Å². The van der Waals surface area contributed by atoms with Gasteiger partial charge in [0.2, 0.25) is 5.75 Å². The van der Waals surface area contributed by atoms with Crippen LogP contribution in [0.3, 0.4) is 0 Å². The number of hydrogen-bond donors (Lipinski definition) is 2. The zero-order chi connectivity index (χ0) is 14.3. The van der Waals surface area contributed by atoms with Crippen molar-refractivity contribution in [2.45, 2.75) is 0 Å². The van der Waals surface area contributed by atoms with Gasteiger partial charge in [0.15, 0.2) is 11.5 Å². The topological polar surface area (TPSA) is 67.5 Å². The van der Waals surface area contributed by atoms with Gasteiger partial charge in [-0.05, 0) is 24.3 Å². The molecule has 0 atom stereocenters. The highest BCUT2D eigenvalue weighted by Crippen LogP contribution is 2.39. The van der Waals surface area contributed by atoms with Crippen LogP contribution in [-0.2, 0) is 7.05 Å². The van der Waals surface area contributed by atoms with Gasteiger partial charge < -0.3 is 19.5 Å². The number of para-hydroxylation sites is 2. The number of aryl methyl sites for hydroxylation is 1. The Hall–Kier alpha value is -2.69. The molecule has 0 aliphatic carbocycles. The molecule has 0 saturated carbocycles. The van der Waals surface area contributed by atoms with E-state index in [4.69, 9.17) is 4.74 Å². The molecule has 0 radical (unpaired) electrons. The van der Waals surface area contributed by atoms with E-state index in [1.54, 1.807) is 6.07 Å². The molecule has 1 heterocycles. The number of rotatable bonds is 2. The average molecular weight is 270 g/mol. The van der Waals surface area contributed by atoms with E-state index in [2.05, 4.69) is 4.98 Å². The minimum atomic E-state index is -0.269. The predicted octanol–water partition coefficient (Wildman–Crippen LogP) is 2.66. The number of imidazole rings is 1. The van der Waals surface area contributed by atoms with Crippen LogP contribution in [-0.4, -0.2) is 26.9 Å². The molecule has 3 aromatic rings. The van der Waals surface area contributed by atoms with E-state index in [0.29, 0.717) is 11.4 Å². The Labute approximate surface area is 115 Å². The number of aromatic hydroxyl groups is 2. The lowest BCUT2D eigenvalue weighted by atomic mass is 10.1. The van der Waals surface area contributed by atoms with Crippen LogP contribution in [0.5, 0.6) is 17.2 Å². The molecule has 2 N–H and O–H groups in total. The molecule has 2 aromatic carbocycles. The first kappa shape index (κ1) is 12.3. The van der Waals surface area contributed by atoms with Crippen molar-refractivity contribution in [1.82, 2.24) is 9.55 Å². The lowest BCUT2D eigenvalue weighted by Gasteiger charge is -2.08. The molecule has 3 rings (SSSR count). The molecule has 0 bridgehead atoms. The van der Waals surface area contributed by atoms with E-state index in [-0.39, 0.29) is 17.2 Å². The number of benzene rings is 2. The van der Waals surface area contributed by atoms with Crippen LogP contribution in [0.2, 0.25) is 0 Å². The molecule has 1 aromatic heterocycles. The highest BCUT2D eigenvalue weighted by Gasteiger charge is 2.15. The Morgan fingerprint density at radius 1 is 1.15 bits per heavy atom. The summed E-state index contributed by atoms with van der Waals surface area (Å²) in [4.78, 5) is 4.54. The molecule has 0 aliphatic heterocycles. The third-order valence-electron chi connectivity index (χ3n) is 3.32. The molecular weight excluding hydrogens is 256 g/mol. The Kier molecular flexibility index (Phi) is 2.75. The Morgan fingerprint density at radius 3 is 2.60 bits per heavy atom. The molecule has 20 heavy (non-hydrogen) atoms. The van der Waals surface area contributed by atoms with Crippen molar-refractivity contribution in [3.8, 4) is 28.6 Å². The van der Waals surface area contributed by atoms with E-state index >= 15 is 0 Å². The van der Waals surface area contributed by atoms with Crippen molar-refractivity contribution < 1.29 is 14.9 Å². The van der Waals surface area contributed by atoms with Crippen molar-refractivity contribution >= 4 is 11.0 Å². The van der Waals surface area contributed by atoms with Crippen molar-refractivity contribution in [1.29, 1.82) is 0 Å². The zero-order valence-electron chi connectivity index (χ0n) is 11.2. The second-order valence-electron chi connectivity index (χ2n) is 4.53. The Morgan fingerprint density at radius 2 is 1.90 bits per heavy atom. The maximum atomic E-state index is 9.77. The van der Waals surface area contributed by atoms with Crippen molar-refractivity contribution in [3.63, 3.8) is 0 Å². The minimum absolute atomic E-state index is 0.215. The number of hydrogen-bond acceptors (Lipinski definition) is 4. The van der Waals surface area contributed by atoms with E-state index in [0.717, 1.165) is 11.0 Å². The predicted molar refractivity (Wildman–Crippen MR) is 76.0 cm³/mol.